The topological polar surface area (TPSA) is 12.0 Å². The summed E-state index contributed by atoms with van der Waals surface area (Å²) in [5.41, 5.74) is -0.375. The SMILES string of the molecule is Cc1ccc(NC(C)CCCC(F)(F)F)cc1C(F)(F)F. The highest BCUT2D eigenvalue weighted by Crippen LogP contribution is 2.33. The summed E-state index contributed by atoms with van der Waals surface area (Å²) in [5, 5.41) is 2.80. The highest BCUT2D eigenvalue weighted by atomic mass is 19.4. The van der Waals surface area contributed by atoms with Crippen molar-refractivity contribution in [3.05, 3.63) is 29.3 Å². The Kier molecular flexibility index (Phi) is 5.53. The molecule has 1 rings (SSSR count). The molecule has 1 unspecified atom stereocenters. The van der Waals surface area contributed by atoms with Crippen molar-refractivity contribution in [3.8, 4) is 0 Å². The molecule has 0 spiro atoms. The molecule has 0 saturated carbocycles. The van der Waals surface area contributed by atoms with E-state index in [0.29, 0.717) is 0 Å². The Labute approximate surface area is 119 Å². The number of alkyl halides is 6. The standard InChI is InChI=1S/C14H17F6N/c1-9-5-6-11(8-12(9)14(18,19)20)21-10(2)4-3-7-13(15,16)17/h5-6,8,10,21H,3-4,7H2,1-2H3. The average Bonchev–Trinajstić information content (AvgIpc) is 2.28. The van der Waals surface area contributed by atoms with Gasteiger partial charge in [-0.1, -0.05) is 6.07 Å². The van der Waals surface area contributed by atoms with Gasteiger partial charge < -0.3 is 5.32 Å². The molecule has 21 heavy (non-hydrogen) atoms. The Morgan fingerprint density at radius 2 is 1.71 bits per heavy atom. The Balaban J connectivity index is 2.63. The van der Waals surface area contributed by atoms with E-state index in [-0.39, 0.29) is 30.1 Å². The van der Waals surface area contributed by atoms with Crippen LogP contribution in [0.15, 0.2) is 18.2 Å². The summed E-state index contributed by atoms with van der Waals surface area (Å²) in [6.45, 7) is 3.00. The van der Waals surface area contributed by atoms with Gasteiger partial charge in [-0.15, -0.1) is 0 Å². The first-order valence-electron chi connectivity index (χ1n) is 6.50. The Bertz CT molecular complexity index is 464. The lowest BCUT2D eigenvalue weighted by Crippen LogP contribution is -2.17. The fourth-order valence-corrected chi connectivity index (χ4v) is 1.98. The van der Waals surface area contributed by atoms with Crippen molar-refractivity contribution in [1.82, 2.24) is 0 Å². The van der Waals surface area contributed by atoms with Gasteiger partial charge in [0.2, 0.25) is 0 Å². The molecule has 120 valence electrons. The molecule has 1 N–H and O–H groups in total. The zero-order valence-electron chi connectivity index (χ0n) is 11.7. The molecule has 1 aromatic carbocycles. The third-order valence-electron chi connectivity index (χ3n) is 3.05. The molecule has 0 aromatic heterocycles. The van der Waals surface area contributed by atoms with Gasteiger partial charge in [-0.3, -0.25) is 0 Å². The smallest absolute Gasteiger partial charge is 0.383 e. The molecule has 1 atom stereocenters. The van der Waals surface area contributed by atoms with Gasteiger partial charge in [0.15, 0.2) is 0 Å². The molecule has 0 radical (unpaired) electrons. The number of nitrogens with one attached hydrogen (secondary N) is 1. The lowest BCUT2D eigenvalue weighted by Gasteiger charge is -2.18. The predicted octanol–water partition coefficient (Wildman–Crippen LogP) is 5.55. The van der Waals surface area contributed by atoms with E-state index in [2.05, 4.69) is 5.32 Å². The van der Waals surface area contributed by atoms with E-state index in [0.717, 1.165) is 6.07 Å². The number of aryl methyl sites for hydroxylation is 1. The van der Waals surface area contributed by atoms with E-state index in [1.54, 1.807) is 6.92 Å². The third kappa shape index (κ3) is 6.27. The van der Waals surface area contributed by atoms with Crippen LogP contribution in [0.3, 0.4) is 0 Å². The van der Waals surface area contributed by atoms with Crippen LogP contribution in [0.4, 0.5) is 32.0 Å². The number of anilines is 1. The van der Waals surface area contributed by atoms with Crippen molar-refractivity contribution in [2.75, 3.05) is 5.32 Å². The minimum absolute atomic E-state index is 0.0599. The van der Waals surface area contributed by atoms with Crippen molar-refractivity contribution in [3.63, 3.8) is 0 Å². The maximum Gasteiger partial charge on any atom is 0.416 e. The summed E-state index contributed by atoms with van der Waals surface area (Å²) in [6, 6.07) is 3.48. The van der Waals surface area contributed by atoms with Crippen LogP contribution in [-0.2, 0) is 6.18 Å². The molecule has 0 bridgehead atoms. The summed E-state index contributed by atoms with van der Waals surface area (Å²) in [5.74, 6) is 0. The summed E-state index contributed by atoms with van der Waals surface area (Å²) in [6.07, 6.45) is -9.36. The van der Waals surface area contributed by atoms with Crippen LogP contribution >= 0.6 is 0 Å². The van der Waals surface area contributed by atoms with Crippen LogP contribution in [0.1, 0.15) is 37.3 Å². The molecule has 0 fully saturated rings. The number of halogens is 6. The molecule has 0 aliphatic carbocycles. The lowest BCUT2D eigenvalue weighted by atomic mass is 10.1. The number of benzene rings is 1. The van der Waals surface area contributed by atoms with Crippen LogP contribution < -0.4 is 5.32 Å². The van der Waals surface area contributed by atoms with E-state index < -0.39 is 24.3 Å². The number of hydrogen-bond acceptors (Lipinski definition) is 1. The highest BCUT2D eigenvalue weighted by Gasteiger charge is 2.32. The van der Waals surface area contributed by atoms with Crippen LogP contribution in [0.2, 0.25) is 0 Å². The second kappa shape index (κ2) is 6.58. The largest absolute Gasteiger partial charge is 0.416 e. The van der Waals surface area contributed by atoms with Crippen molar-refractivity contribution in [1.29, 1.82) is 0 Å². The monoisotopic (exact) mass is 313 g/mol. The molecule has 0 saturated heterocycles. The second-order valence-corrected chi connectivity index (χ2v) is 5.08. The van der Waals surface area contributed by atoms with Crippen LogP contribution in [-0.4, -0.2) is 12.2 Å². The van der Waals surface area contributed by atoms with E-state index in [1.165, 1.54) is 19.1 Å². The Morgan fingerprint density at radius 3 is 2.24 bits per heavy atom. The third-order valence-corrected chi connectivity index (χ3v) is 3.05. The fraction of sp³-hybridized carbons (Fsp3) is 0.571. The van der Waals surface area contributed by atoms with Crippen molar-refractivity contribution in [2.45, 2.75) is 51.5 Å². The zero-order valence-corrected chi connectivity index (χ0v) is 11.7. The first kappa shape index (κ1) is 17.7. The second-order valence-electron chi connectivity index (χ2n) is 5.08. The first-order valence-corrected chi connectivity index (χ1v) is 6.50. The molecule has 1 aromatic rings. The number of hydrogen-bond donors (Lipinski definition) is 1. The van der Waals surface area contributed by atoms with Crippen LogP contribution in [0, 0.1) is 6.92 Å². The average molecular weight is 313 g/mol. The van der Waals surface area contributed by atoms with E-state index in [4.69, 9.17) is 0 Å². The Morgan fingerprint density at radius 1 is 1.10 bits per heavy atom. The molecule has 0 aliphatic rings. The maximum absolute atomic E-state index is 12.7. The minimum atomic E-state index is -4.44. The summed E-state index contributed by atoms with van der Waals surface area (Å²) in [7, 11) is 0. The van der Waals surface area contributed by atoms with Gasteiger partial charge in [-0.2, -0.15) is 26.3 Å². The zero-order chi connectivity index (χ0) is 16.3. The molecule has 0 heterocycles. The van der Waals surface area contributed by atoms with Crippen molar-refractivity contribution in [2.24, 2.45) is 0 Å². The lowest BCUT2D eigenvalue weighted by molar-refractivity contribution is -0.138. The fourth-order valence-electron chi connectivity index (χ4n) is 1.98. The summed E-state index contributed by atoms with van der Waals surface area (Å²) < 4.78 is 74.3. The van der Waals surface area contributed by atoms with E-state index in [1.807, 2.05) is 0 Å². The quantitative estimate of drug-likeness (QED) is 0.703. The molecule has 1 nitrogen and oxygen atoms in total. The van der Waals surface area contributed by atoms with Crippen LogP contribution in [0.5, 0.6) is 0 Å². The van der Waals surface area contributed by atoms with Gasteiger partial charge in [0, 0.05) is 18.2 Å². The molecule has 0 amide bonds. The van der Waals surface area contributed by atoms with Gasteiger partial charge in [-0.05, 0) is 44.4 Å². The first-order chi connectivity index (χ1) is 9.49. The molecule has 0 aliphatic heterocycles. The van der Waals surface area contributed by atoms with Gasteiger partial charge in [-0.25, -0.2) is 0 Å². The minimum Gasteiger partial charge on any atom is -0.383 e. The normalized spacial score (nSPS) is 14.1. The molecular weight excluding hydrogens is 296 g/mol. The van der Waals surface area contributed by atoms with Gasteiger partial charge in [0.05, 0.1) is 5.56 Å². The van der Waals surface area contributed by atoms with E-state index >= 15 is 0 Å². The van der Waals surface area contributed by atoms with Crippen LogP contribution in [0.25, 0.3) is 0 Å². The number of rotatable bonds is 5. The maximum atomic E-state index is 12.7. The van der Waals surface area contributed by atoms with Gasteiger partial charge >= 0.3 is 12.4 Å². The summed E-state index contributed by atoms with van der Waals surface area (Å²) >= 11 is 0. The molecular formula is C14H17F6N. The van der Waals surface area contributed by atoms with Gasteiger partial charge in [0.25, 0.3) is 0 Å². The van der Waals surface area contributed by atoms with Gasteiger partial charge in [0.1, 0.15) is 0 Å². The molecule has 7 heteroatoms. The van der Waals surface area contributed by atoms with Crippen molar-refractivity contribution < 1.29 is 26.3 Å². The Hall–Kier alpha value is -1.40. The van der Waals surface area contributed by atoms with Crippen molar-refractivity contribution >= 4 is 5.69 Å². The van der Waals surface area contributed by atoms with E-state index in [9.17, 15) is 26.3 Å². The summed E-state index contributed by atoms with van der Waals surface area (Å²) in [4.78, 5) is 0. The predicted molar refractivity (Wildman–Crippen MR) is 69.2 cm³/mol. The highest BCUT2D eigenvalue weighted by molar-refractivity contribution is 5.49.